The molecule has 10 rings (SSSR count). The van der Waals surface area contributed by atoms with Gasteiger partial charge in [0, 0.05) is 78.0 Å². The summed E-state index contributed by atoms with van der Waals surface area (Å²) in [5.41, 5.74) is 7.09. The van der Waals surface area contributed by atoms with Gasteiger partial charge < -0.3 is 30.2 Å². The smallest absolute Gasteiger partial charge is 0.271 e. The van der Waals surface area contributed by atoms with Gasteiger partial charge in [0.05, 0.1) is 36.7 Å². The van der Waals surface area contributed by atoms with Crippen LogP contribution in [-0.2, 0) is 48.4 Å². The fourth-order valence-corrected chi connectivity index (χ4v) is 11.0. The van der Waals surface area contributed by atoms with Crippen LogP contribution in [0, 0.1) is 11.8 Å². The number of aliphatic imine (C=N–C) groups is 2. The lowest BCUT2D eigenvalue weighted by atomic mass is 9.87. The van der Waals surface area contributed by atoms with Gasteiger partial charge in [-0.3, -0.25) is 24.4 Å². The van der Waals surface area contributed by atoms with Crippen LogP contribution < -0.4 is 20.9 Å². The molecule has 6 aromatic rings. The van der Waals surface area contributed by atoms with Crippen molar-refractivity contribution in [2.45, 2.75) is 65.5 Å². The number of thiophene rings is 2. The zero-order valence-corrected chi connectivity index (χ0v) is 36.3. The summed E-state index contributed by atoms with van der Waals surface area (Å²) >= 11 is 3.29. The highest BCUT2D eigenvalue weighted by Crippen LogP contribution is 2.43. The largest absolute Gasteiger partial charge is 0.480 e. The van der Waals surface area contributed by atoms with E-state index in [0.29, 0.717) is 37.0 Å². The molecular formula is C43H46N12O4S2. The van der Waals surface area contributed by atoms with E-state index in [1.165, 1.54) is 27.2 Å². The molecule has 0 unspecified atom stereocenters. The van der Waals surface area contributed by atoms with Crippen LogP contribution in [0.5, 0.6) is 5.88 Å². The number of nitrogens with one attached hydrogen (secondary N) is 3. The van der Waals surface area contributed by atoms with E-state index in [-0.39, 0.29) is 29.2 Å². The maximum atomic E-state index is 12.7. The number of fused-ring (bicyclic) bond motifs is 8. The number of rotatable bonds is 9. The van der Waals surface area contributed by atoms with E-state index in [0.717, 1.165) is 99.5 Å². The number of H-pyrrole nitrogens is 1. The first kappa shape index (κ1) is 40.3. The number of methoxy groups -OCH3 is 1. The van der Waals surface area contributed by atoms with Crippen LogP contribution in [0.15, 0.2) is 39.6 Å². The van der Waals surface area contributed by atoms with Crippen LogP contribution in [0.2, 0.25) is 0 Å². The van der Waals surface area contributed by atoms with Gasteiger partial charge >= 0.3 is 0 Å². The second-order valence-corrected chi connectivity index (χ2v) is 17.8. The van der Waals surface area contributed by atoms with Gasteiger partial charge in [-0.05, 0) is 75.6 Å². The number of aromatic amines is 1. The van der Waals surface area contributed by atoms with Crippen molar-refractivity contribution >= 4 is 90.4 Å². The summed E-state index contributed by atoms with van der Waals surface area (Å²) in [5.74, 6) is 2.38. The first-order chi connectivity index (χ1) is 29.6. The summed E-state index contributed by atoms with van der Waals surface area (Å²) in [7, 11) is 5.34. The number of aryl methyl sites for hydroxylation is 2. The molecule has 4 aliphatic rings. The van der Waals surface area contributed by atoms with Gasteiger partial charge in [0.1, 0.15) is 45.3 Å². The number of hydrogen-bond acceptors (Lipinski definition) is 15. The molecule has 2 aliphatic heterocycles. The monoisotopic (exact) mass is 858 g/mol. The topological polar surface area (TPSA) is 196 Å². The minimum absolute atomic E-state index is 0.0127. The SMILES string of the molecule is CCN(C)C(=O)[C@H]1CCc2c(sc3ncnc(Nc4cc5c([nH]c4=O)CN=C5)c23)C1.CCN(C)C(=O)[C@H]1CCc2c(sc3ncnc(Nc4cc5c(nc4OC)CN=C5)c23)C1. The minimum atomic E-state index is -0.191. The van der Waals surface area contributed by atoms with Gasteiger partial charge in [0.25, 0.3) is 5.56 Å². The Bertz CT molecular complexity index is 2830. The number of carbonyl (C=O) groups is 2. The number of anilines is 4. The van der Waals surface area contributed by atoms with E-state index in [9.17, 15) is 14.4 Å². The Kier molecular flexibility index (Phi) is 11.0. The van der Waals surface area contributed by atoms with Crippen molar-refractivity contribution in [1.29, 1.82) is 0 Å². The Morgan fingerprint density at radius 3 is 1.90 bits per heavy atom. The number of pyridine rings is 2. The highest BCUT2D eigenvalue weighted by molar-refractivity contribution is 7.19. The average molecular weight is 859 g/mol. The molecule has 18 heteroatoms. The first-order valence-corrected chi connectivity index (χ1v) is 22.1. The van der Waals surface area contributed by atoms with Gasteiger partial charge in [-0.25, -0.2) is 24.9 Å². The van der Waals surface area contributed by atoms with Crippen molar-refractivity contribution in [2.24, 2.45) is 21.8 Å². The molecule has 61 heavy (non-hydrogen) atoms. The molecule has 8 heterocycles. The second kappa shape index (κ2) is 16.7. The van der Waals surface area contributed by atoms with Crippen LogP contribution in [0.4, 0.5) is 23.0 Å². The van der Waals surface area contributed by atoms with Crippen molar-refractivity contribution in [3.8, 4) is 5.88 Å². The molecule has 2 aliphatic carbocycles. The summed E-state index contributed by atoms with van der Waals surface area (Å²) in [6, 6.07) is 3.81. The number of nitrogens with zero attached hydrogens (tertiary/aromatic N) is 9. The third-order valence-corrected chi connectivity index (χ3v) is 14.3. The first-order valence-electron chi connectivity index (χ1n) is 20.5. The van der Waals surface area contributed by atoms with Crippen molar-refractivity contribution in [1.82, 2.24) is 39.7 Å². The van der Waals surface area contributed by atoms with Crippen molar-refractivity contribution in [3.05, 3.63) is 78.5 Å². The van der Waals surface area contributed by atoms with Crippen LogP contribution >= 0.6 is 22.7 Å². The Morgan fingerprint density at radius 1 is 0.787 bits per heavy atom. The van der Waals surface area contributed by atoms with Gasteiger partial charge in [-0.15, -0.1) is 22.7 Å². The average Bonchev–Trinajstić information content (AvgIpc) is 4.10. The molecule has 3 N–H and O–H groups in total. The number of amides is 2. The van der Waals surface area contributed by atoms with Crippen molar-refractivity contribution < 1.29 is 14.3 Å². The summed E-state index contributed by atoms with van der Waals surface area (Å²) in [4.78, 5) is 79.6. The third-order valence-electron chi connectivity index (χ3n) is 12.0. The fraction of sp³-hybridized carbons (Fsp3) is 0.395. The van der Waals surface area contributed by atoms with Crippen LogP contribution in [0.1, 0.15) is 70.1 Å². The van der Waals surface area contributed by atoms with Gasteiger partial charge in [-0.2, -0.15) is 0 Å². The standard InChI is InChI=1S/C22H24N6O2S.C21H22N6O2S/c1-4-28(2)22(29)12-5-6-14-17(8-12)31-21-18(14)19(24-11-25-21)26-15-7-13-9-23-10-16(13)27-20(15)30-3;1-3-27(2)21(29)11-4-5-13-16(7-11)30-20-17(13)18(23-10-24-20)25-14-6-12-8-22-9-15(12)26-19(14)28/h7,9,11-12H,4-6,8,10H2,1-3H3,(H,24,25,26);6,8,10-11H,3-5,7,9H2,1-2H3,(H,26,28)(H,23,24,25)/t12-;11-/m00/s1. The molecule has 0 saturated carbocycles. The van der Waals surface area contributed by atoms with Crippen LogP contribution in [0.25, 0.3) is 20.4 Å². The lowest BCUT2D eigenvalue weighted by molar-refractivity contribution is -0.135. The molecule has 0 spiro atoms. The summed E-state index contributed by atoms with van der Waals surface area (Å²) in [6.07, 6.45) is 11.5. The fourth-order valence-electron chi connectivity index (χ4n) is 8.44. The normalized spacial score (nSPS) is 16.9. The van der Waals surface area contributed by atoms with E-state index >= 15 is 0 Å². The molecule has 6 aromatic heterocycles. The molecule has 2 amide bonds. The quantitative estimate of drug-likeness (QED) is 0.155. The van der Waals surface area contributed by atoms with Gasteiger partial charge in [0.2, 0.25) is 17.7 Å². The maximum Gasteiger partial charge on any atom is 0.271 e. The lowest BCUT2D eigenvalue weighted by Crippen LogP contribution is -2.35. The zero-order chi connectivity index (χ0) is 42.4. The van der Waals surface area contributed by atoms with Gasteiger partial charge in [-0.1, -0.05) is 0 Å². The molecule has 0 aromatic carbocycles. The molecular weight excluding hydrogens is 813 g/mol. The Morgan fingerprint density at radius 2 is 1.33 bits per heavy atom. The summed E-state index contributed by atoms with van der Waals surface area (Å²) in [6.45, 7) is 6.53. The number of carbonyl (C=O) groups excluding carboxylic acids is 2. The molecule has 0 saturated heterocycles. The predicted molar refractivity (Wildman–Crippen MR) is 239 cm³/mol. The molecule has 2 atom stereocenters. The second-order valence-electron chi connectivity index (χ2n) is 15.6. The van der Waals surface area contributed by atoms with E-state index in [1.807, 2.05) is 51.2 Å². The highest BCUT2D eigenvalue weighted by atomic mass is 32.1. The predicted octanol–water partition coefficient (Wildman–Crippen LogP) is 5.99. The third kappa shape index (κ3) is 7.62. The van der Waals surface area contributed by atoms with Crippen LogP contribution in [-0.4, -0.2) is 98.2 Å². The van der Waals surface area contributed by atoms with Crippen molar-refractivity contribution in [2.75, 3.05) is 44.9 Å². The molecule has 0 fully saturated rings. The summed E-state index contributed by atoms with van der Waals surface area (Å²) < 4.78 is 5.51. The Hall–Kier alpha value is -6.14. The molecule has 314 valence electrons. The van der Waals surface area contributed by atoms with E-state index in [4.69, 9.17) is 4.74 Å². The Labute approximate surface area is 359 Å². The van der Waals surface area contributed by atoms with E-state index < -0.39 is 0 Å². The molecule has 0 radical (unpaired) electrons. The molecule has 16 nitrogen and oxygen atoms in total. The number of aromatic nitrogens is 6. The lowest BCUT2D eigenvalue weighted by Gasteiger charge is -2.26. The minimum Gasteiger partial charge on any atom is -0.480 e. The Balaban J connectivity index is 0.000000156. The van der Waals surface area contributed by atoms with E-state index in [2.05, 4.69) is 50.5 Å². The highest BCUT2D eigenvalue weighted by Gasteiger charge is 2.32. The number of ether oxygens (including phenoxy) is 1. The number of hydrogen-bond donors (Lipinski definition) is 3. The van der Waals surface area contributed by atoms with Gasteiger partial charge in [0.15, 0.2) is 0 Å². The van der Waals surface area contributed by atoms with Crippen molar-refractivity contribution in [3.63, 3.8) is 0 Å². The van der Waals surface area contributed by atoms with E-state index in [1.54, 1.807) is 47.2 Å². The maximum absolute atomic E-state index is 12.7. The van der Waals surface area contributed by atoms with Crippen LogP contribution in [0.3, 0.4) is 0 Å². The summed E-state index contributed by atoms with van der Waals surface area (Å²) in [5, 5.41) is 8.64. The zero-order valence-electron chi connectivity index (χ0n) is 34.7. The molecule has 0 bridgehead atoms.